The summed E-state index contributed by atoms with van der Waals surface area (Å²) in [6, 6.07) is 14.0. The standard InChI is InChI=1S/C9H8F3NO2.C6H6N2O.C4H4N2.C2H2N2Se/c1-6(14)13-7-4-2-3-5-8(7)15-9(10,11)12;7-6(9)5-3-1-2-4-8-5;1-2-4-6-5-3-1;1-2-5-4-3-1/h2-5H,1H3,(H,13,14);1-4H,(H2,7,9);1-4H;1-2H. The number of carbonyl (C=O) groups excluding carboxylic acids is 2. The van der Waals surface area contributed by atoms with Gasteiger partial charge in [0.1, 0.15) is 5.69 Å². The Morgan fingerprint density at radius 1 is 0.914 bits per heavy atom. The Balaban J connectivity index is 0.000000257. The minimum absolute atomic E-state index is 0.0117. The number of nitrogens with zero attached hydrogens (tertiary/aromatic N) is 5. The predicted molar refractivity (Wildman–Crippen MR) is 121 cm³/mol. The number of hydrogen-bond acceptors (Lipinski definition) is 8. The molecule has 14 heteroatoms. The normalized spacial score (nSPS) is 9.49. The molecule has 35 heavy (non-hydrogen) atoms. The molecule has 3 N–H and O–H groups in total. The number of rotatable bonds is 3. The molecule has 0 bridgehead atoms. The van der Waals surface area contributed by atoms with Crippen LogP contribution in [0.1, 0.15) is 17.4 Å². The molecule has 0 aliphatic rings. The number of pyridine rings is 1. The number of primary amides is 1. The van der Waals surface area contributed by atoms with E-state index in [9.17, 15) is 22.8 Å². The van der Waals surface area contributed by atoms with Crippen molar-refractivity contribution in [3.05, 3.63) is 90.0 Å². The topological polar surface area (TPSA) is 146 Å². The zero-order valence-electron chi connectivity index (χ0n) is 18.2. The zero-order chi connectivity index (χ0) is 25.9. The molecule has 3 aromatic heterocycles. The number of hydrogen-bond donors (Lipinski definition) is 2. The fraction of sp³-hybridized carbons (Fsp3) is 0.0952. The van der Waals surface area contributed by atoms with Crippen molar-refractivity contribution in [2.45, 2.75) is 13.3 Å². The van der Waals surface area contributed by atoms with Crippen LogP contribution >= 0.6 is 0 Å². The summed E-state index contributed by atoms with van der Waals surface area (Å²) < 4.78 is 43.2. The molecule has 10 nitrogen and oxygen atoms in total. The van der Waals surface area contributed by atoms with Gasteiger partial charge in [-0.2, -0.15) is 10.2 Å². The third-order valence-corrected chi connectivity index (χ3v) is 4.01. The minimum Gasteiger partial charge on any atom is -0.159 e. The molecule has 3 heterocycles. The fourth-order valence-corrected chi connectivity index (χ4v) is 2.44. The molecule has 4 rings (SSSR count). The number of para-hydroxylation sites is 2. The molecule has 0 fully saturated rings. The Kier molecular flexibility index (Phi) is 13.6. The summed E-state index contributed by atoms with van der Waals surface area (Å²) in [7, 11) is 0. The molecular formula is C21H20F3N7O3Se. The van der Waals surface area contributed by atoms with Crippen molar-refractivity contribution in [3.63, 3.8) is 0 Å². The van der Waals surface area contributed by atoms with E-state index in [1.807, 2.05) is 17.1 Å². The van der Waals surface area contributed by atoms with Crippen LogP contribution in [-0.2, 0) is 4.79 Å². The molecule has 0 saturated heterocycles. The van der Waals surface area contributed by atoms with Gasteiger partial charge in [0.15, 0.2) is 5.75 Å². The first kappa shape index (κ1) is 28.9. The first-order valence-electron chi connectivity index (χ1n) is 9.45. The van der Waals surface area contributed by atoms with E-state index in [1.54, 1.807) is 36.8 Å². The summed E-state index contributed by atoms with van der Waals surface area (Å²) in [5.74, 6) is -1.39. The van der Waals surface area contributed by atoms with Gasteiger partial charge < -0.3 is 15.8 Å². The Hall–Kier alpha value is -4.16. The smallest absolute Gasteiger partial charge is 0.0496 e. The molecule has 1 aromatic carbocycles. The van der Waals surface area contributed by atoms with Gasteiger partial charge in [-0.1, -0.05) is 18.2 Å². The monoisotopic (exact) mass is 555 g/mol. The Morgan fingerprint density at radius 2 is 1.54 bits per heavy atom. The summed E-state index contributed by atoms with van der Waals surface area (Å²) in [5.41, 5.74) is 5.20. The number of aromatic nitrogens is 5. The molecular weight excluding hydrogens is 534 g/mol. The van der Waals surface area contributed by atoms with Crippen LogP contribution in [0.4, 0.5) is 18.9 Å². The predicted octanol–water partition coefficient (Wildman–Crippen LogP) is 2.73. The Morgan fingerprint density at radius 3 is 1.91 bits per heavy atom. The number of anilines is 1. The number of nitrogens with one attached hydrogen (secondary N) is 1. The number of halogens is 3. The molecule has 0 unspecified atom stereocenters. The van der Waals surface area contributed by atoms with Gasteiger partial charge in [-0.3, -0.25) is 14.6 Å². The maximum Gasteiger partial charge on any atom is 0.0496 e. The van der Waals surface area contributed by atoms with Gasteiger partial charge in [0, 0.05) is 25.5 Å². The van der Waals surface area contributed by atoms with Gasteiger partial charge in [0.2, 0.25) is 5.91 Å². The SMILES string of the molecule is CC(=O)Nc1ccccc1OC(F)(F)F.NC(=O)c1ccccn1.c1c[se]nn1.c1ccnnc1. The second kappa shape index (κ2) is 16.5. The van der Waals surface area contributed by atoms with E-state index in [0.717, 1.165) is 6.07 Å². The van der Waals surface area contributed by atoms with Crippen molar-refractivity contribution >= 4 is 32.2 Å². The molecule has 184 valence electrons. The van der Waals surface area contributed by atoms with Gasteiger partial charge in [-0.05, 0) is 36.4 Å². The molecule has 0 saturated carbocycles. The fourth-order valence-electron chi connectivity index (χ4n) is 1.87. The van der Waals surface area contributed by atoms with E-state index < -0.39 is 23.9 Å². The molecule has 0 aliphatic heterocycles. The van der Waals surface area contributed by atoms with Crippen LogP contribution in [0.15, 0.2) is 84.3 Å². The second-order valence-electron chi connectivity index (χ2n) is 5.81. The van der Waals surface area contributed by atoms with Crippen LogP contribution in [0, 0.1) is 0 Å². The average molecular weight is 554 g/mol. The maximum absolute atomic E-state index is 11.9. The molecule has 4 aromatic rings. The summed E-state index contributed by atoms with van der Waals surface area (Å²) in [6.07, 6.45) is 1.76. The van der Waals surface area contributed by atoms with E-state index in [2.05, 4.69) is 34.4 Å². The van der Waals surface area contributed by atoms with E-state index in [1.165, 1.54) is 31.3 Å². The molecule has 2 amide bonds. The van der Waals surface area contributed by atoms with Gasteiger partial charge in [0.25, 0.3) is 5.91 Å². The van der Waals surface area contributed by atoms with E-state index in [0.29, 0.717) is 20.4 Å². The van der Waals surface area contributed by atoms with Crippen molar-refractivity contribution in [1.82, 2.24) is 24.4 Å². The summed E-state index contributed by atoms with van der Waals surface area (Å²) in [5, 5.41) is 12.9. The zero-order valence-corrected chi connectivity index (χ0v) is 19.9. The largest absolute Gasteiger partial charge is 0.159 e. The van der Waals surface area contributed by atoms with Crippen LogP contribution in [0.3, 0.4) is 0 Å². The Bertz CT molecular complexity index is 1060. The van der Waals surface area contributed by atoms with Crippen molar-refractivity contribution in [2.24, 2.45) is 5.73 Å². The van der Waals surface area contributed by atoms with E-state index in [-0.39, 0.29) is 5.69 Å². The maximum atomic E-state index is 11.9. The van der Waals surface area contributed by atoms with Crippen LogP contribution in [0.2, 0.25) is 0 Å². The second-order valence-corrected chi connectivity index (χ2v) is 7.16. The molecule has 0 spiro atoms. The minimum atomic E-state index is -4.77. The third kappa shape index (κ3) is 15.3. The summed E-state index contributed by atoms with van der Waals surface area (Å²) in [4.78, 5) is 26.7. The number of nitrogens with two attached hydrogens (primary N) is 1. The first-order chi connectivity index (χ1) is 16.7. The van der Waals surface area contributed by atoms with Gasteiger partial charge in [-0.15, -0.1) is 13.2 Å². The molecule has 0 aliphatic carbocycles. The van der Waals surface area contributed by atoms with Gasteiger partial charge in [-0.25, -0.2) is 0 Å². The van der Waals surface area contributed by atoms with Crippen molar-refractivity contribution in [3.8, 4) is 5.75 Å². The van der Waals surface area contributed by atoms with Crippen molar-refractivity contribution < 1.29 is 27.5 Å². The molecule has 0 atom stereocenters. The first-order valence-corrected chi connectivity index (χ1v) is 11.2. The summed E-state index contributed by atoms with van der Waals surface area (Å²) >= 11 is 0.347. The quantitative estimate of drug-likeness (QED) is 0.368. The van der Waals surface area contributed by atoms with Crippen molar-refractivity contribution in [2.75, 3.05) is 5.32 Å². The van der Waals surface area contributed by atoms with E-state index >= 15 is 0 Å². The summed E-state index contributed by atoms with van der Waals surface area (Å²) in [6.45, 7) is 1.20. The van der Waals surface area contributed by atoms with Crippen LogP contribution in [-0.4, -0.2) is 57.3 Å². The van der Waals surface area contributed by atoms with Crippen LogP contribution < -0.4 is 15.8 Å². The Labute approximate surface area is 204 Å². The number of carbonyl (C=O) groups is 2. The number of alkyl halides is 3. The van der Waals surface area contributed by atoms with Crippen LogP contribution in [0.25, 0.3) is 0 Å². The van der Waals surface area contributed by atoms with Crippen molar-refractivity contribution in [1.29, 1.82) is 0 Å². The van der Waals surface area contributed by atoms with E-state index in [4.69, 9.17) is 5.73 Å². The third-order valence-electron chi connectivity index (χ3n) is 3.11. The molecule has 0 radical (unpaired) electrons. The number of benzene rings is 1. The average Bonchev–Trinajstić information content (AvgIpc) is 3.42. The number of ether oxygens (including phenoxy) is 1. The van der Waals surface area contributed by atoms with Gasteiger partial charge >= 0.3 is 41.4 Å². The number of amides is 2. The van der Waals surface area contributed by atoms with Gasteiger partial charge in [0.05, 0.1) is 5.69 Å². The van der Waals surface area contributed by atoms with Crippen LogP contribution in [0.5, 0.6) is 5.75 Å².